The molecule has 0 radical (unpaired) electrons. The minimum absolute atomic E-state index is 0.0309. The van der Waals surface area contributed by atoms with Gasteiger partial charge < -0.3 is 30.2 Å². The molecule has 174 valence electrons. The van der Waals surface area contributed by atoms with Gasteiger partial charge in [0.15, 0.2) is 0 Å². The van der Waals surface area contributed by atoms with Crippen LogP contribution in [0.15, 0.2) is 18.2 Å². The van der Waals surface area contributed by atoms with Crippen molar-refractivity contribution < 1.29 is 24.5 Å². The van der Waals surface area contributed by atoms with Crippen molar-refractivity contribution in [3.8, 4) is 0 Å². The highest BCUT2D eigenvalue weighted by atomic mass is 35.5. The van der Waals surface area contributed by atoms with Crippen LogP contribution in [-0.2, 0) is 11.2 Å². The van der Waals surface area contributed by atoms with Gasteiger partial charge in [0.1, 0.15) is 5.69 Å². The summed E-state index contributed by atoms with van der Waals surface area (Å²) in [6.45, 7) is 2.71. The third-order valence-electron chi connectivity index (χ3n) is 5.56. The highest BCUT2D eigenvalue weighted by Crippen LogP contribution is 2.29. The molecule has 1 aromatic heterocycles. The van der Waals surface area contributed by atoms with Gasteiger partial charge in [-0.25, -0.2) is 4.79 Å². The fourth-order valence-corrected chi connectivity index (χ4v) is 4.23. The van der Waals surface area contributed by atoms with Crippen LogP contribution in [0, 0.1) is 6.92 Å². The number of amides is 1. The molecule has 1 amide bonds. The molecule has 3 rings (SSSR count). The monoisotopic (exact) mass is 483 g/mol. The van der Waals surface area contributed by atoms with Gasteiger partial charge in [-0.3, -0.25) is 4.79 Å². The smallest absolute Gasteiger partial charge is 0.337 e. The number of aryl methyl sites for hydroxylation is 1. The van der Waals surface area contributed by atoms with Gasteiger partial charge in [-0.05, 0) is 43.5 Å². The second kappa shape index (κ2) is 10.6. The number of aliphatic hydroxyl groups is 2. The van der Waals surface area contributed by atoms with Crippen molar-refractivity contribution in [1.29, 1.82) is 0 Å². The summed E-state index contributed by atoms with van der Waals surface area (Å²) in [5.41, 5.74) is 2.84. The van der Waals surface area contributed by atoms with E-state index >= 15 is 0 Å². The number of H-pyrrole nitrogens is 1. The zero-order valence-corrected chi connectivity index (χ0v) is 19.5. The van der Waals surface area contributed by atoms with Gasteiger partial charge in [-0.2, -0.15) is 0 Å². The second-order valence-corrected chi connectivity index (χ2v) is 8.66. The number of benzene rings is 1. The number of anilines is 1. The zero-order chi connectivity index (χ0) is 23.4. The number of hydrogen-bond donors (Lipinski definition) is 4. The number of aromatic nitrogens is 1. The predicted molar refractivity (Wildman–Crippen MR) is 123 cm³/mol. The molecule has 1 atom stereocenters. The molecule has 1 unspecified atom stereocenters. The zero-order valence-electron chi connectivity index (χ0n) is 18.0. The van der Waals surface area contributed by atoms with E-state index in [9.17, 15) is 14.7 Å². The quantitative estimate of drug-likeness (QED) is 0.450. The fourth-order valence-electron chi connectivity index (χ4n) is 3.81. The highest BCUT2D eigenvalue weighted by Gasteiger charge is 2.25. The first-order chi connectivity index (χ1) is 15.2. The van der Waals surface area contributed by atoms with Crippen molar-refractivity contribution in [3.63, 3.8) is 0 Å². The van der Waals surface area contributed by atoms with E-state index < -0.39 is 12.1 Å². The summed E-state index contributed by atoms with van der Waals surface area (Å²) in [6.07, 6.45) is 0.718. The van der Waals surface area contributed by atoms with Crippen molar-refractivity contribution >= 4 is 40.8 Å². The van der Waals surface area contributed by atoms with Crippen molar-refractivity contribution in [1.82, 2.24) is 10.3 Å². The third-order valence-corrected chi connectivity index (χ3v) is 6.50. The summed E-state index contributed by atoms with van der Waals surface area (Å²) < 4.78 is 4.85. The number of carbonyl (C=O) groups excluding carboxylic acids is 2. The number of aromatic amines is 1. The van der Waals surface area contributed by atoms with E-state index in [0.717, 1.165) is 11.3 Å². The summed E-state index contributed by atoms with van der Waals surface area (Å²) >= 11 is 12.2. The van der Waals surface area contributed by atoms with Gasteiger partial charge >= 0.3 is 5.97 Å². The van der Waals surface area contributed by atoms with Crippen LogP contribution in [0.2, 0.25) is 10.0 Å². The van der Waals surface area contributed by atoms with Gasteiger partial charge in [0, 0.05) is 36.9 Å². The van der Waals surface area contributed by atoms with E-state index in [0.29, 0.717) is 42.2 Å². The van der Waals surface area contributed by atoms with Gasteiger partial charge in [0.25, 0.3) is 5.91 Å². The minimum Gasteiger partial charge on any atom is -0.465 e. The van der Waals surface area contributed by atoms with Crippen LogP contribution in [0.3, 0.4) is 0 Å². The Morgan fingerprint density at radius 2 is 1.94 bits per heavy atom. The number of aliphatic hydroxyl groups excluding tert-OH is 2. The van der Waals surface area contributed by atoms with Gasteiger partial charge in [0.2, 0.25) is 0 Å². The second-order valence-electron chi connectivity index (χ2n) is 7.91. The van der Waals surface area contributed by atoms with Gasteiger partial charge in [0.05, 0.1) is 35.4 Å². The number of carbonyl (C=O) groups is 2. The molecule has 0 bridgehead atoms. The number of esters is 1. The lowest BCUT2D eigenvalue weighted by Crippen LogP contribution is -2.45. The maximum Gasteiger partial charge on any atom is 0.337 e. The van der Waals surface area contributed by atoms with Crippen LogP contribution in [-0.4, -0.2) is 66.0 Å². The lowest BCUT2D eigenvalue weighted by molar-refractivity contribution is 0.0600. The van der Waals surface area contributed by atoms with Crippen LogP contribution in [0.5, 0.6) is 0 Å². The van der Waals surface area contributed by atoms with E-state index in [1.54, 1.807) is 19.1 Å². The molecule has 0 aliphatic carbocycles. The third kappa shape index (κ3) is 5.56. The molecule has 1 aromatic carbocycles. The van der Waals surface area contributed by atoms with Crippen LogP contribution >= 0.6 is 23.2 Å². The molecule has 32 heavy (non-hydrogen) atoms. The van der Waals surface area contributed by atoms with E-state index in [1.165, 1.54) is 7.11 Å². The average Bonchev–Trinajstić information content (AvgIpc) is 3.06. The van der Waals surface area contributed by atoms with Crippen LogP contribution < -0.4 is 10.2 Å². The molecule has 2 aromatic rings. The average molecular weight is 484 g/mol. The Morgan fingerprint density at radius 3 is 2.50 bits per heavy atom. The number of hydrogen-bond acceptors (Lipinski definition) is 6. The number of piperidine rings is 1. The summed E-state index contributed by atoms with van der Waals surface area (Å²) in [5.74, 6) is -0.762. The van der Waals surface area contributed by atoms with E-state index in [4.69, 9.17) is 33.0 Å². The summed E-state index contributed by atoms with van der Waals surface area (Å²) in [7, 11) is 1.32. The lowest BCUT2D eigenvalue weighted by Gasteiger charge is -2.34. The standard InChI is InChI=1S/C22H27Cl2N3O5/c1-12-18(23)19(24)20(25-12)21(30)26-15-3-5-27(6-4-15)16-8-13(9-17(29)11-28)7-14(10-16)22(31)32-2/h7-8,10,15,17,25,28-29H,3-6,9,11H2,1-2H3,(H,26,30). The maximum atomic E-state index is 12.6. The molecular formula is C22H27Cl2N3O5. The van der Waals surface area contributed by atoms with Gasteiger partial charge in [-0.1, -0.05) is 23.2 Å². The minimum atomic E-state index is -0.909. The van der Waals surface area contributed by atoms with E-state index in [2.05, 4.69) is 15.2 Å². The van der Waals surface area contributed by atoms with E-state index in [1.807, 2.05) is 6.07 Å². The summed E-state index contributed by atoms with van der Waals surface area (Å²) in [4.78, 5) is 29.7. The van der Waals surface area contributed by atoms with Crippen molar-refractivity contribution in [3.05, 3.63) is 50.8 Å². The van der Waals surface area contributed by atoms with Crippen LogP contribution in [0.4, 0.5) is 5.69 Å². The Bertz CT molecular complexity index is 986. The lowest BCUT2D eigenvalue weighted by atomic mass is 10.0. The van der Waals surface area contributed by atoms with E-state index in [-0.39, 0.29) is 35.7 Å². The molecule has 1 aliphatic rings. The number of methoxy groups -OCH3 is 1. The molecule has 1 fully saturated rings. The highest BCUT2D eigenvalue weighted by molar-refractivity contribution is 6.44. The number of rotatable bonds is 7. The number of ether oxygens (including phenoxy) is 1. The molecular weight excluding hydrogens is 457 g/mol. The first-order valence-electron chi connectivity index (χ1n) is 10.3. The summed E-state index contributed by atoms with van der Waals surface area (Å²) in [6, 6.07) is 5.28. The number of nitrogens with zero attached hydrogens (tertiary/aromatic N) is 1. The number of nitrogens with one attached hydrogen (secondary N) is 2. The Labute approximate surface area is 196 Å². The molecule has 0 saturated carbocycles. The predicted octanol–water partition coefficient (Wildman–Crippen LogP) is 2.71. The van der Waals surface area contributed by atoms with Crippen LogP contribution in [0.1, 0.15) is 44.9 Å². The molecule has 0 spiro atoms. The Kier molecular flexibility index (Phi) is 8.05. The molecule has 1 saturated heterocycles. The first kappa shape index (κ1) is 24.4. The Hall–Kier alpha value is -2.26. The van der Waals surface area contributed by atoms with Crippen molar-refractivity contribution in [2.45, 2.75) is 38.3 Å². The first-order valence-corrected chi connectivity index (χ1v) is 11.1. The van der Waals surface area contributed by atoms with Crippen LogP contribution in [0.25, 0.3) is 0 Å². The number of halogens is 2. The molecule has 4 N–H and O–H groups in total. The molecule has 2 heterocycles. The topological polar surface area (TPSA) is 115 Å². The largest absolute Gasteiger partial charge is 0.465 e. The SMILES string of the molecule is COC(=O)c1cc(CC(O)CO)cc(N2CCC(NC(=O)c3[nH]c(C)c(Cl)c3Cl)CC2)c1. The maximum absolute atomic E-state index is 12.6. The molecule has 10 heteroatoms. The van der Waals surface area contributed by atoms with Crippen molar-refractivity contribution in [2.24, 2.45) is 0 Å². The van der Waals surface area contributed by atoms with Gasteiger partial charge in [-0.15, -0.1) is 0 Å². The molecule has 1 aliphatic heterocycles. The summed E-state index contributed by atoms with van der Waals surface area (Å²) in [5, 5.41) is 22.5. The normalized spacial score (nSPS) is 15.5. The fraction of sp³-hybridized carbons (Fsp3) is 0.455. The Balaban J connectivity index is 1.68. The molecule has 8 nitrogen and oxygen atoms in total. The Morgan fingerprint density at radius 1 is 1.25 bits per heavy atom. The van der Waals surface area contributed by atoms with Crippen molar-refractivity contribution in [2.75, 3.05) is 31.7 Å².